The van der Waals surface area contributed by atoms with Gasteiger partial charge < -0.3 is 9.80 Å². The third-order valence-electron chi connectivity index (χ3n) is 6.69. The van der Waals surface area contributed by atoms with E-state index in [1.165, 1.54) is 30.5 Å². The minimum absolute atomic E-state index is 0.0794. The van der Waals surface area contributed by atoms with Crippen LogP contribution in [0.4, 0.5) is 13.2 Å². The van der Waals surface area contributed by atoms with Crippen molar-refractivity contribution in [1.29, 1.82) is 0 Å². The van der Waals surface area contributed by atoms with Crippen LogP contribution < -0.4 is 0 Å². The van der Waals surface area contributed by atoms with Crippen molar-refractivity contribution >= 4 is 5.91 Å². The molecule has 1 aromatic heterocycles. The van der Waals surface area contributed by atoms with Gasteiger partial charge >= 0.3 is 6.18 Å². The number of aromatic nitrogens is 2. The number of amides is 1. The Kier molecular flexibility index (Phi) is 5.85. The summed E-state index contributed by atoms with van der Waals surface area (Å²) < 4.78 is 41.5. The first-order valence-electron chi connectivity index (χ1n) is 10.9. The van der Waals surface area contributed by atoms with Gasteiger partial charge in [0.15, 0.2) is 0 Å². The van der Waals surface area contributed by atoms with Gasteiger partial charge in [0, 0.05) is 19.1 Å². The molecule has 4 rings (SSSR count). The summed E-state index contributed by atoms with van der Waals surface area (Å²) in [5, 5.41) is 4.42. The number of piperidine rings is 1. The highest BCUT2D eigenvalue weighted by molar-refractivity contribution is 5.96. The number of nitrogens with zero attached hydrogens (tertiary/aromatic N) is 4. The largest absolute Gasteiger partial charge is 0.416 e. The number of halogens is 3. The predicted octanol–water partition coefficient (Wildman–Crippen LogP) is 4.52. The summed E-state index contributed by atoms with van der Waals surface area (Å²) in [5.74, 6) is -0.0794. The van der Waals surface area contributed by atoms with Crippen molar-refractivity contribution in [2.24, 2.45) is 0 Å². The Balaban J connectivity index is 1.55. The Morgan fingerprint density at radius 2 is 1.68 bits per heavy atom. The van der Waals surface area contributed by atoms with Crippen LogP contribution in [-0.2, 0) is 6.18 Å². The summed E-state index contributed by atoms with van der Waals surface area (Å²) in [6, 6.07) is 4.70. The zero-order chi connectivity index (χ0) is 22.3. The predicted molar refractivity (Wildman–Crippen MR) is 113 cm³/mol. The first kappa shape index (κ1) is 21.9. The van der Waals surface area contributed by atoms with Crippen molar-refractivity contribution in [3.8, 4) is 5.69 Å². The van der Waals surface area contributed by atoms with E-state index in [0.29, 0.717) is 41.8 Å². The quantitative estimate of drug-likeness (QED) is 0.714. The van der Waals surface area contributed by atoms with Crippen LogP contribution in [0.5, 0.6) is 0 Å². The van der Waals surface area contributed by atoms with E-state index in [-0.39, 0.29) is 11.5 Å². The molecule has 168 valence electrons. The number of carbonyl (C=O) groups is 1. The number of likely N-dealkylation sites (tertiary alicyclic amines) is 2. The number of aryl methyl sites for hydroxylation is 2. The molecule has 0 radical (unpaired) electrons. The minimum Gasteiger partial charge on any atom is -0.338 e. The summed E-state index contributed by atoms with van der Waals surface area (Å²) in [7, 11) is 0. The van der Waals surface area contributed by atoms with Gasteiger partial charge in [-0.25, -0.2) is 4.68 Å². The Hall–Kier alpha value is -2.35. The molecule has 0 atom stereocenters. The van der Waals surface area contributed by atoms with Crippen molar-refractivity contribution < 1.29 is 18.0 Å². The molecule has 5 nitrogen and oxygen atoms in total. The third-order valence-corrected chi connectivity index (χ3v) is 6.69. The van der Waals surface area contributed by atoms with Crippen LogP contribution in [0.3, 0.4) is 0 Å². The summed E-state index contributed by atoms with van der Waals surface area (Å²) in [4.78, 5) is 17.7. The summed E-state index contributed by atoms with van der Waals surface area (Å²) in [5.41, 5.74) is 1.39. The van der Waals surface area contributed by atoms with Gasteiger partial charge in [-0.1, -0.05) is 6.07 Å². The molecule has 31 heavy (non-hydrogen) atoms. The van der Waals surface area contributed by atoms with Gasteiger partial charge in [-0.05, 0) is 77.2 Å². The molecule has 2 aromatic rings. The molecular formula is C23H29F3N4O. The number of benzene rings is 1. The topological polar surface area (TPSA) is 41.4 Å². The van der Waals surface area contributed by atoms with Crippen LogP contribution in [0.25, 0.3) is 5.69 Å². The molecule has 2 aliphatic heterocycles. The zero-order valence-corrected chi connectivity index (χ0v) is 18.3. The van der Waals surface area contributed by atoms with Crippen LogP contribution in [0, 0.1) is 20.8 Å². The molecule has 3 heterocycles. The average Bonchev–Trinajstić information content (AvgIpc) is 3.36. The summed E-state index contributed by atoms with van der Waals surface area (Å²) in [6.45, 7) is 8.64. The van der Waals surface area contributed by atoms with Gasteiger partial charge in [0.1, 0.15) is 0 Å². The molecule has 0 aliphatic carbocycles. The van der Waals surface area contributed by atoms with Crippen LogP contribution in [0.15, 0.2) is 18.2 Å². The number of hydrogen-bond donors (Lipinski definition) is 0. The zero-order valence-electron chi connectivity index (χ0n) is 18.3. The van der Waals surface area contributed by atoms with Crippen molar-refractivity contribution in [2.75, 3.05) is 26.2 Å². The second kappa shape index (κ2) is 8.30. The van der Waals surface area contributed by atoms with Gasteiger partial charge in [0.2, 0.25) is 0 Å². The SMILES string of the molecule is Cc1ccc(-n2nc(C)c(C(=O)N3CCC(N4CCCC4)CC3)c2C)cc1C(F)(F)F. The highest BCUT2D eigenvalue weighted by Gasteiger charge is 2.34. The van der Waals surface area contributed by atoms with Gasteiger partial charge in [-0.3, -0.25) is 4.79 Å². The lowest BCUT2D eigenvalue weighted by atomic mass is 10.0. The Bertz CT molecular complexity index is 968. The van der Waals surface area contributed by atoms with E-state index in [9.17, 15) is 18.0 Å². The molecule has 0 spiro atoms. The van der Waals surface area contributed by atoms with Crippen LogP contribution in [0.1, 0.15) is 58.6 Å². The lowest BCUT2D eigenvalue weighted by Crippen LogP contribution is -2.46. The van der Waals surface area contributed by atoms with E-state index in [1.807, 2.05) is 4.90 Å². The maximum atomic E-state index is 13.4. The molecule has 0 unspecified atom stereocenters. The second-order valence-electron chi connectivity index (χ2n) is 8.72. The van der Waals surface area contributed by atoms with E-state index in [2.05, 4.69) is 10.00 Å². The number of rotatable bonds is 3. The van der Waals surface area contributed by atoms with Gasteiger partial charge in [0.05, 0.1) is 28.2 Å². The monoisotopic (exact) mass is 434 g/mol. The summed E-state index contributed by atoms with van der Waals surface area (Å²) in [6.07, 6.45) is 0.00183. The lowest BCUT2D eigenvalue weighted by Gasteiger charge is -2.36. The smallest absolute Gasteiger partial charge is 0.338 e. The van der Waals surface area contributed by atoms with E-state index in [1.54, 1.807) is 19.9 Å². The fraction of sp³-hybridized carbons (Fsp3) is 0.565. The van der Waals surface area contributed by atoms with Crippen molar-refractivity contribution in [3.05, 3.63) is 46.3 Å². The number of carbonyl (C=O) groups excluding carboxylic acids is 1. The van der Waals surface area contributed by atoms with Gasteiger partial charge in [0.25, 0.3) is 5.91 Å². The van der Waals surface area contributed by atoms with Crippen molar-refractivity contribution in [2.45, 2.75) is 58.7 Å². The van der Waals surface area contributed by atoms with Gasteiger partial charge in [-0.15, -0.1) is 0 Å². The highest BCUT2D eigenvalue weighted by Crippen LogP contribution is 2.33. The Morgan fingerprint density at radius 3 is 2.29 bits per heavy atom. The Morgan fingerprint density at radius 1 is 1.03 bits per heavy atom. The minimum atomic E-state index is -4.44. The molecular weight excluding hydrogens is 405 g/mol. The van der Waals surface area contributed by atoms with Crippen molar-refractivity contribution in [1.82, 2.24) is 19.6 Å². The molecule has 0 bridgehead atoms. The highest BCUT2D eigenvalue weighted by atomic mass is 19.4. The molecule has 1 amide bonds. The fourth-order valence-electron chi connectivity index (χ4n) is 4.95. The van der Waals surface area contributed by atoms with E-state index in [0.717, 1.165) is 32.0 Å². The van der Waals surface area contributed by atoms with Crippen LogP contribution in [-0.4, -0.2) is 57.7 Å². The molecule has 0 saturated carbocycles. The normalized spacial score (nSPS) is 18.7. The number of alkyl halides is 3. The Labute approximate surface area is 180 Å². The fourth-order valence-corrected chi connectivity index (χ4v) is 4.95. The molecule has 1 aromatic carbocycles. The molecule has 2 fully saturated rings. The van der Waals surface area contributed by atoms with Crippen molar-refractivity contribution in [3.63, 3.8) is 0 Å². The average molecular weight is 435 g/mol. The maximum Gasteiger partial charge on any atom is 0.416 e. The first-order chi connectivity index (χ1) is 14.7. The molecule has 8 heteroatoms. The van der Waals surface area contributed by atoms with Crippen LogP contribution >= 0.6 is 0 Å². The number of hydrogen-bond acceptors (Lipinski definition) is 3. The summed E-state index contributed by atoms with van der Waals surface area (Å²) >= 11 is 0. The molecule has 2 aliphatic rings. The molecule has 2 saturated heterocycles. The first-order valence-corrected chi connectivity index (χ1v) is 10.9. The second-order valence-corrected chi connectivity index (χ2v) is 8.72. The third kappa shape index (κ3) is 4.22. The van der Waals surface area contributed by atoms with E-state index >= 15 is 0 Å². The lowest BCUT2D eigenvalue weighted by molar-refractivity contribution is -0.138. The molecule has 0 N–H and O–H groups in total. The van der Waals surface area contributed by atoms with Gasteiger partial charge in [-0.2, -0.15) is 18.3 Å². The van der Waals surface area contributed by atoms with E-state index in [4.69, 9.17) is 0 Å². The standard InChI is InChI=1S/C23H29F3N4O/c1-15-6-7-19(14-20(15)23(24,25)26)30-17(3)21(16(2)27-30)22(31)29-12-8-18(9-13-29)28-10-4-5-11-28/h6-7,14,18H,4-5,8-13H2,1-3H3. The van der Waals surface area contributed by atoms with E-state index < -0.39 is 11.7 Å². The maximum absolute atomic E-state index is 13.4. The van der Waals surface area contributed by atoms with Crippen LogP contribution in [0.2, 0.25) is 0 Å².